The van der Waals surface area contributed by atoms with E-state index in [9.17, 15) is 14.4 Å². The topological polar surface area (TPSA) is 112 Å². The second kappa shape index (κ2) is 7.21. The van der Waals surface area contributed by atoms with Gasteiger partial charge in [-0.1, -0.05) is 33.7 Å². The van der Waals surface area contributed by atoms with E-state index < -0.39 is 17.9 Å². The van der Waals surface area contributed by atoms with Crippen LogP contribution >= 0.6 is 21.6 Å². The van der Waals surface area contributed by atoms with E-state index in [1.54, 1.807) is 18.2 Å². The smallest absolute Gasteiger partial charge is 0.336 e. The average molecular weight is 350 g/mol. The van der Waals surface area contributed by atoms with Crippen molar-refractivity contribution in [2.45, 2.75) is 9.79 Å². The molecule has 0 heterocycles. The first-order valence-corrected chi connectivity index (χ1v) is 8.32. The lowest BCUT2D eigenvalue weighted by Crippen LogP contribution is -2.07. The van der Waals surface area contributed by atoms with Gasteiger partial charge in [-0.25, -0.2) is 14.4 Å². The van der Waals surface area contributed by atoms with Crippen LogP contribution in [0.25, 0.3) is 0 Å². The molecule has 0 radical (unpaired) electrons. The molecule has 0 spiro atoms. The summed E-state index contributed by atoms with van der Waals surface area (Å²) >= 11 is 0. The Kier molecular flexibility index (Phi) is 5.30. The molecule has 2 rings (SSSR count). The van der Waals surface area contributed by atoms with E-state index in [-0.39, 0.29) is 16.7 Å². The second-order valence-electron chi connectivity index (χ2n) is 4.29. The minimum absolute atomic E-state index is 0.144. The SMILES string of the molecule is O=C(O)c1ccccc1SSc1ccc(C(=O)O)c(C(=O)O)c1. The lowest BCUT2D eigenvalue weighted by Gasteiger charge is -2.07. The Hall–Kier alpha value is -2.45. The molecule has 6 nitrogen and oxygen atoms in total. The van der Waals surface area contributed by atoms with Gasteiger partial charge < -0.3 is 15.3 Å². The molecule has 0 aliphatic rings. The minimum atomic E-state index is -1.33. The number of carboxylic acids is 3. The number of aromatic carboxylic acids is 3. The van der Waals surface area contributed by atoms with Crippen molar-refractivity contribution in [3.63, 3.8) is 0 Å². The molecule has 0 unspecified atom stereocenters. The van der Waals surface area contributed by atoms with Gasteiger partial charge in [0, 0.05) is 9.79 Å². The van der Waals surface area contributed by atoms with Crippen LogP contribution in [0.5, 0.6) is 0 Å². The molecular weight excluding hydrogens is 340 g/mol. The molecule has 118 valence electrons. The molecular formula is C15H10O6S2. The van der Waals surface area contributed by atoms with Crippen LogP contribution in [0.2, 0.25) is 0 Å². The zero-order valence-electron chi connectivity index (χ0n) is 11.4. The maximum atomic E-state index is 11.1. The van der Waals surface area contributed by atoms with Crippen molar-refractivity contribution in [3.8, 4) is 0 Å². The van der Waals surface area contributed by atoms with Crippen molar-refractivity contribution in [2.24, 2.45) is 0 Å². The van der Waals surface area contributed by atoms with Gasteiger partial charge in [-0.2, -0.15) is 0 Å². The largest absolute Gasteiger partial charge is 0.478 e. The Morgan fingerprint density at radius 3 is 1.91 bits per heavy atom. The number of hydrogen-bond donors (Lipinski definition) is 3. The first-order valence-electron chi connectivity index (χ1n) is 6.17. The molecule has 0 aliphatic heterocycles. The summed E-state index contributed by atoms with van der Waals surface area (Å²) in [6, 6.07) is 10.4. The number of carboxylic acid groups (broad SMARTS) is 3. The minimum Gasteiger partial charge on any atom is -0.478 e. The zero-order valence-corrected chi connectivity index (χ0v) is 13.1. The summed E-state index contributed by atoms with van der Waals surface area (Å²) in [5, 5.41) is 27.2. The molecule has 0 saturated carbocycles. The van der Waals surface area contributed by atoms with Crippen LogP contribution < -0.4 is 0 Å². The molecule has 0 amide bonds. The number of carbonyl (C=O) groups is 3. The predicted octanol–water partition coefficient (Wildman–Crippen LogP) is 3.58. The summed E-state index contributed by atoms with van der Waals surface area (Å²) in [5.41, 5.74) is -0.460. The molecule has 8 heteroatoms. The quantitative estimate of drug-likeness (QED) is 0.678. The van der Waals surface area contributed by atoms with Crippen LogP contribution in [-0.4, -0.2) is 33.2 Å². The van der Waals surface area contributed by atoms with E-state index in [1.165, 1.54) is 24.3 Å². The summed E-state index contributed by atoms with van der Waals surface area (Å²) in [6.07, 6.45) is 0. The van der Waals surface area contributed by atoms with E-state index in [4.69, 9.17) is 15.3 Å². The Bertz CT molecular complexity index is 787. The third-order valence-corrected chi connectivity index (χ3v) is 5.23. The van der Waals surface area contributed by atoms with Gasteiger partial charge in [-0.05, 0) is 30.3 Å². The molecule has 0 saturated heterocycles. The molecule has 0 aromatic heterocycles. The third-order valence-electron chi connectivity index (χ3n) is 2.80. The average Bonchev–Trinajstić information content (AvgIpc) is 2.52. The molecule has 0 atom stereocenters. The highest BCUT2D eigenvalue weighted by atomic mass is 33.1. The van der Waals surface area contributed by atoms with Crippen LogP contribution in [0, 0.1) is 0 Å². The highest BCUT2D eigenvalue weighted by molar-refractivity contribution is 8.76. The molecule has 2 aromatic rings. The molecule has 0 fully saturated rings. The van der Waals surface area contributed by atoms with Gasteiger partial charge in [-0.3, -0.25) is 0 Å². The van der Waals surface area contributed by atoms with Crippen molar-refractivity contribution in [1.82, 2.24) is 0 Å². The van der Waals surface area contributed by atoms with Crippen molar-refractivity contribution < 1.29 is 29.7 Å². The van der Waals surface area contributed by atoms with Gasteiger partial charge in [0.2, 0.25) is 0 Å². The number of benzene rings is 2. The summed E-state index contributed by atoms with van der Waals surface area (Å²) in [4.78, 5) is 34.3. The van der Waals surface area contributed by atoms with Crippen molar-refractivity contribution in [3.05, 3.63) is 59.2 Å². The van der Waals surface area contributed by atoms with E-state index in [0.717, 1.165) is 21.6 Å². The second-order valence-corrected chi connectivity index (χ2v) is 6.53. The summed E-state index contributed by atoms with van der Waals surface area (Å²) < 4.78 is 0. The van der Waals surface area contributed by atoms with E-state index in [1.807, 2.05) is 0 Å². The number of rotatable bonds is 6. The maximum absolute atomic E-state index is 11.1. The van der Waals surface area contributed by atoms with E-state index >= 15 is 0 Å². The van der Waals surface area contributed by atoms with Gasteiger partial charge >= 0.3 is 17.9 Å². The van der Waals surface area contributed by atoms with Gasteiger partial charge in [0.25, 0.3) is 0 Å². The van der Waals surface area contributed by atoms with Gasteiger partial charge in [0.15, 0.2) is 0 Å². The highest BCUT2D eigenvalue weighted by Gasteiger charge is 2.17. The van der Waals surface area contributed by atoms with E-state index in [2.05, 4.69) is 0 Å². The van der Waals surface area contributed by atoms with Crippen molar-refractivity contribution in [1.29, 1.82) is 0 Å². The summed E-state index contributed by atoms with van der Waals surface area (Å²) in [6.45, 7) is 0. The zero-order chi connectivity index (χ0) is 17.0. The Morgan fingerprint density at radius 2 is 1.30 bits per heavy atom. The maximum Gasteiger partial charge on any atom is 0.336 e. The number of hydrogen-bond acceptors (Lipinski definition) is 5. The van der Waals surface area contributed by atoms with Crippen LogP contribution in [-0.2, 0) is 0 Å². The monoisotopic (exact) mass is 350 g/mol. The fourth-order valence-electron chi connectivity index (χ4n) is 1.75. The third kappa shape index (κ3) is 4.05. The fraction of sp³-hybridized carbons (Fsp3) is 0. The van der Waals surface area contributed by atoms with Gasteiger partial charge in [0.1, 0.15) is 0 Å². The predicted molar refractivity (Wildman–Crippen MR) is 85.5 cm³/mol. The molecule has 2 aromatic carbocycles. The Balaban J connectivity index is 2.25. The molecule has 3 N–H and O–H groups in total. The van der Waals surface area contributed by atoms with Gasteiger partial charge in [-0.15, -0.1) is 0 Å². The standard InChI is InChI=1S/C15H10O6S2/c16-13(17)9-6-5-8(7-11(9)15(20)21)22-23-12-4-2-1-3-10(12)14(18)19/h1-7H,(H,16,17)(H,18,19)(H,20,21). The lowest BCUT2D eigenvalue weighted by atomic mass is 10.1. The Morgan fingerprint density at radius 1 is 0.696 bits per heavy atom. The lowest BCUT2D eigenvalue weighted by molar-refractivity contribution is 0.0651. The van der Waals surface area contributed by atoms with Crippen molar-refractivity contribution in [2.75, 3.05) is 0 Å². The summed E-state index contributed by atoms with van der Waals surface area (Å²) in [5.74, 6) is -3.70. The fourth-order valence-corrected chi connectivity index (χ4v) is 3.91. The Labute approximate surface area is 138 Å². The van der Waals surface area contributed by atoms with Crippen molar-refractivity contribution >= 4 is 39.5 Å². The first-order chi connectivity index (χ1) is 10.9. The molecule has 23 heavy (non-hydrogen) atoms. The summed E-state index contributed by atoms with van der Waals surface area (Å²) in [7, 11) is 2.31. The first kappa shape index (κ1) is 16.9. The molecule has 0 bridgehead atoms. The molecule has 0 aliphatic carbocycles. The van der Waals surface area contributed by atoms with Crippen LogP contribution in [0.1, 0.15) is 31.1 Å². The van der Waals surface area contributed by atoms with E-state index in [0.29, 0.717) is 9.79 Å². The van der Waals surface area contributed by atoms with Gasteiger partial charge in [0.05, 0.1) is 16.7 Å². The highest BCUT2D eigenvalue weighted by Crippen LogP contribution is 2.39. The van der Waals surface area contributed by atoms with Crippen LogP contribution in [0.3, 0.4) is 0 Å². The van der Waals surface area contributed by atoms with Crippen LogP contribution in [0.15, 0.2) is 52.3 Å². The van der Waals surface area contributed by atoms with Crippen LogP contribution in [0.4, 0.5) is 0 Å². The normalized spacial score (nSPS) is 10.3.